The summed E-state index contributed by atoms with van der Waals surface area (Å²) in [4.78, 5) is 0. The number of benzene rings is 1. The molecule has 0 atom stereocenters. The van der Waals surface area contributed by atoms with Gasteiger partial charge in [-0.1, -0.05) is 0 Å². The molecule has 1 heterocycles. The highest BCUT2D eigenvalue weighted by Crippen LogP contribution is 2.32. The summed E-state index contributed by atoms with van der Waals surface area (Å²) in [6.45, 7) is 2.04. The first-order valence-corrected chi connectivity index (χ1v) is 5.39. The average Bonchev–Trinajstić information content (AvgIpc) is 2.47. The van der Waals surface area contributed by atoms with Crippen LogP contribution in [0, 0.1) is 6.92 Å². The fourth-order valence-electron chi connectivity index (χ4n) is 1.41. The minimum Gasteiger partial charge on any atom is -0.508 e. The van der Waals surface area contributed by atoms with Gasteiger partial charge in [-0.05, 0) is 40.9 Å². The van der Waals surface area contributed by atoms with Gasteiger partial charge in [0, 0.05) is 10.6 Å². The highest BCUT2D eigenvalue weighted by molar-refractivity contribution is 7.17. The molecule has 0 aliphatic heterocycles. The normalized spacial score (nSPS) is 10.9. The molecule has 1 aromatic carbocycles. The maximum atomic E-state index is 9.43. The summed E-state index contributed by atoms with van der Waals surface area (Å²) in [6.07, 6.45) is 0. The van der Waals surface area contributed by atoms with Gasteiger partial charge in [-0.3, -0.25) is 0 Å². The summed E-state index contributed by atoms with van der Waals surface area (Å²) in [5.41, 5.74) is 2.21. The Labute approximate surface area is 85.6 Å². The number of thiophene rings is 1. The quantitative estimate of drug-likeness (QED) is 0.716. The molecule has 0 saturated carbocycles. The first kappa shape index (κ1) is 8.85. The predicted molar refractivity (Wildman–Crippen MR) is 57.8 cm³/mol. The van der Waals surface area contributed by atoms with Gasteiger partial charge in [0.1, 0.15) is 5.75 Å². The molecule has 0 radical (unpaired) electrons. The zero-order valence-electron chi connectivity index (χ0n) is 7.17. The molecular formula is C10H9ClOS. The van der Waals surface area contributed by atoms with Crippen molar-refractivity contribution in [2.24, 2.45) is 0 Å². The van der Waals surface area contributed by atoms with Crippen LogP contribution < -0.4 is 0 Å². The molecule has 1 aromatic heterocycles. The van der Waals surface area contributed by atoms with Gasteiger partial charge in [0.05, 0.1) is 0 Å². The molecular weight excluding hydrogens is 204 g/mol. The van der Waals surface area contributed by atoms with Crippen molar-refractivity contribution in [1.82, 2.24) is 0 Å². The molecule has 0 aliphatic carbocycles. The van der Waals surface area contributed by atoms with Crippen molar-refractivity contribution in [3.05, 3.63) is 28.6 Å². The number of aromatic hydroxyl groups is 1. The Morgan fingerprint density at radius 3 is 2.92 bits per heavy atom. The van der Waals surface area contributed by atoms with Gasteiger partial charge in [-0.15, -0.1) is 22.9 Å². The van der Waals surface area contributed by atoms with Crippen LogP contribution in [0.25, 0.3) is 10.1 Å². The smallest absolute Gasteiger partial charge is 0.116 e. The predicted octanol–water partition coefficient (Wildman–Crippen LogP) is 3.65. The molecule has 0 fully saturated rings. The Kier molecular flexibility index (Phi) is 2.18. The number of hydrogen-bond acceptors (Lipinski definition) is 2. The zero-order chi connectivity index (χ0) is 9.42. The largest absolute Gasteiger partial charge is 0.508 e. The van der Waals surface area contributed by atoms with Gasteiger partial charge in [-0.2, -0.15) is 0 Å². The number of fused-ring (bicyclic) bond motifs is 1. The van der Waals surface area contributed by atoms with Gasteiger partial charge in [0.25, 0.3) is 0 Å². The molecule has 2 aromatic rings. The lowest BCUT2D eigenvalue weighted by Crippen LogP contribution is -1.78. The van der Waals surface area contributed by atoms with Gasteiger partial charge in [0.15, 0.2) is 0 Å². The first-order valence-electron chi connectivity index (χ1n) is 3.98. The van der Waals surface area contributed by atoms with E-state index in [1.54, 1.807) is 23.5 Å². The van der Waals surface area contributed by atoms with Gasteiger partial charge in [-0.25, -0.2) is 0 Å². The Morgan fingerprint density at radius 2 is 2.23 bits per heavy atom. The zero-order valence-corrected chi connectivity index (χ0v) is 8.75. The van der Waals surface area contributed by atoms with Crippen LogP contribution in [0.4, 0.5) is 0 Å². The fraction of sp³-hybridized carbons (Fsp3) is 0.200. The Morgan fingerprint density at radius 1 is 1.46 bits per heavy atom. The summed E-state index contributed by atoms with van der Waals surface area (Å²) in [5, 5.41) is 12.6. The van der Waals surface area contributed by atoms with Crippen molar-refractivity contribution in [2.45, 2.75) is 12.8 Å². The molecule has 0 bridgehead atoms. The first-order chi connectivity index (χ1) is 6.22. The van der Waals surface area contributed by atoms with E-state index in [0.717, 1.165) is 10.9 Å². The fourth-order valence-corrected chi connectivity index (χ4v) is 2.76. The molecule has 0 unspecified atom stereocenters. The molecule has 3 heteroatoms. The van der Waals surface area contributed by atoms with E-state index in [1.807, 2.05) is 6.92 Å². The molecule has 68 valence electrons. The van der Waals surface area contributed by atoms with E-state index in [0.29, 0.717) is 11.6 Å². The van der Waals surface area contributed by atoms with Gasteiger partial charge < -0.3 is 5.11 Å². The van der Waals surface area contributed by atoms with Crippen molar-refractivity contribution in [3.8, 4) is 5.75 Å². The molecule has 0 aliphatic rings. The monoisotopic (exact) mass is 212 g/mol. The summed E-state index contributed by atoms with van der Waals surface area (Å²) >= 11 is 7.46. The lowest BCUT2D eigenvalue weighted by molar-refractivity contribution is 0.476. The third-order valence-corrected chi connectivity index (χ3v) is 3.55. The van der Waals surface area contributed by atoms with Crippen molar-refractivity contribution >= 4 is 33.0 Å². The second kappa shape index (κ2) is 3.20. The maximum absolute atomic E-state index is 9.43. The minimum atomic E-state index is 0.296. The lowest BCUT2D eigenvalue weighted by Gasteiger charge is -2.00. The van der Waals surface area contributed by atoms with E-state index in [2.05, 4.69) is 5.38 Å². The van der Waals surface area contributed by atoms with E-state index < -0.39 is 0 Å². The summed E-state index contributed by atoms with van der Waals surface area (Å²) in [6, 6.07) is 3.52. The number of aryl methyl sites for hydroxylation is 1. The Bertz CT molecular complexity index is 447. The number of alkyl halides is 1. The average molecular weight is 213 g/mol. The highest BCUT2D eigenvalue weighted by atomic mass is 35.5. The van der Waals surface area contributed by atoms with Crippen molar-refractivity contribution in [3.63, 3.8) is 0 Å². The second-order valence-corrected chi connectivity index (χ2v) is 4.18. The van der Waals surface area contributed by atoms with Crippen LogP contribution in [-0.4, -0.2) is 5.11 Å². The van der Waals surface area contributed by atoms with E-state index in [9.17, 15) is 5.11 Å². The van der Waals surface area contributed by atoms with Crippen LogP contribution in [0.1, 0.15) is 11.1 Å². The van der Waals surface area contributed by atoms with Crippen LogP contribution in [-0.2, 0) is 5.88 Å². The molecule has 0 amide bonds. The third-order valence-electron chi connectivity index (χ3n) is 2.07. The van der Waals surface area contributed by atoms with Crippen LogP contribution in [0.15, 0.2) is 17.5 Å². The number of hydrogen-bond donors (Lipinski definition) is 1. The highest BCUT2D eigenvalue weighted by Gasteiger charge is 2.06. The third kappa shape index (κ3) is 1.40. The molecule has 2 rings (SSSR count). The second-order valence-electron chi connectivity index (χ2n) is 3.03. The molecule has 13 heavy (non-hydrogen) atoms. The molecule has 1 nitrogen and oxygen atoms in total. The Hall–Kier alpha value is -0.730. The van der Waals surface area contributed by atoms with Crippen molar-refractivity contribution in [1.29, 1.82) is 0 Å². The number of phenolic OH excluding ortho intramolecular Hbond substituents is 1. The molecule has 0 saturated heterocycles. The molecule has 0 spiro atoms. The van der Waals surface area contributed by atoms with Crippen LogP contribution >= 0.6 is 22.9 Å². The number of phenols is 1. The van der Waals surface area contributed by atoms with E-state index >= 15 is 0 Å². The molecule has 1 N–H and O–H groups in total. The standard InChI is InChI=1S/C10H9ClOS/c1-6-5-13-10-7(4-11)2-8(12)3-9(6)10/h2-3,5,12H,4H2,1H3. The lowest BCUT2D eigenvalue weighted by atomic mass is 10.1. The van der Waals surface area contributed by atoms with Gasteiger partial charge >= 0.3 is 0 Å². The van der Waals surface area contributed by atoms with E-state index in [4.69, 9.17) is 11.6 Å². The summed E-state index contributed by atoms with van der Waals surface area (Å²) in [5.74, 6) is 0.745. The summed E-state index contributed by atoms with van der Waals surface area (Å²) < 4.78 is 1.19. The number of halogens is 1. The van der Waals surface area contributed by atoms with Crippen LogP contribution in [0.2, 0.25) is 0 Å². The maximum Gasteiger partial charge on any atom is 0.116 e. The van der Waals surface area contributed by atoms with E-state index in [1.165, 1.54) is 10.3 Å². The van der Waals surface area contributed by atoms with E-state index in [-0.39, 0.29) is 0 Å². The minimum absolute atomic E-state index is 0.296. The SMILES string of the molecule is Cc1csc2c(CCl)cc(O)cc12. The summed E-state index contributed by atoms with van der Waals surface area (Å²) in [7, 11) is 0. The van der Waals surface area contributed by atoms with Crippen molar-refractivity contribution < 1.29 is 5.11 Å². The van der Waals surface area contributed by atoms with Crippen LogP contribution in [0.3, 0.4) is 0 Å². The Balaban J connectivity index is 2.84. The van der Waals surface area contributed by atoms with Crippen molar-refractivity contribution in [2.75, 3.05) is 0 Å². The van der Waals surface area contributed by atoms with Gasteiger partial charge in [0.2, 0.25) is 0 Å². The number of rotatable bonds is 1. The van der Waals surface area contributed by atoms with Crippen LogP contribution in [0.5, 0.6) is 5.75 Å². The topological polar surface area (TPSA) is 20.2 Å².